The average molecular weight is 965 g/mol. The summed E-state index contributed by atoms with van der Waals surface area (Å²) in [4.78, 5) is 14.3. The van der Waals surface area contributed by atoms with Crippen molar-refractivity contribution in [3.8, 4) is 33.8 Å². The fourth-order valence-electron chi connectivity index (χ4n) is 8.09. The van der Waals surface area contributed by atoms with Gasteiger partial charge in [0.05, 0.1) is 11.3 Å². The summed E-state index contributed by atoms with van der Waals surface area (Å²) in [7, 11) is 0. The zero-order chi connectivity index (χ0) is 38.0. The maximum absolute atomic E-state index is 6.19. The summed E-state index contributed by atoms with van der Waals surface area (Å²) in [6.07, 6.45) is 12.0. The van der Waals surface area contributed by atoms with Crippen molar-refractivity contribution in [2.75, 3.05) is 0 Å². The van der Waals surface area contributed by atoms with Gasteiger partial charge in [0.2, 0.25) is 5.71 Å². The molecule has 3 aromatic carbocycles. The van der Waals surface area contributed by atoms with E-state index in [0.717, 1.165) is 56.9 Å². The van der Waals surface area contributed by atoms with Crippen LogP contribution in [0.5, 0.6) is 0 Å². The zero-order valence-electron chi connectivity index (χ0n) is 33.6. The van der Waals surface area contributed by atoms with Gasteiger partial charge >= 0.3 is 144 Å². The van der Waals surface area contributed by atoms with Crippen LogP contribution < -0.4 is 4.40 Å². The smallest absolute Gasteiger partial charge is 0.216 e. The van der Waals surface area contributed by atoms with E-state index in [2.05, 4.69) is 142 Å². The van der Waals surface area contributed by atoms with Crippen LogP contribution in [0.25, 0.3) is 55.8 Å². The fourth-order valence-corrected chi connectivity index (χ4v) is 11.4. The molecule has 1 radical (unpaired) electrons. The number of aryl methyl sites for hydroxylation is 3. The number of aromatic nitrogens is 3. The first-order valence-corrected chi connectivity index (χ1v) is 27.0. The quantitative estimate of drug-likeness (QED) is 0.112. The molecule has 0 aliphatic heterocycles. The molecular weight excluding hydrogens is 911 g/mol. The normalized spacial score (nSPS) is 13.3. The summed E-state index contributed by atoms with van der Waals surface area (Å²) >= 11 is -1.88. The van der Waals surface area contributed by atoms with Gasteiger partial charge in [-0.2, -0.15) is 0 Å². The van der Waals surface area contributed by atoms with Crippen LogP contribution in [-0.4, -0.2) is 28.2 Å². The Kier molecular flexibility index (Phi) is 13.0. The Hall–Kier alpha value is -3.90. The predicted molar refractivity (Wildman–Crippen MR) is 229 cm³/mol. The van der Waals surface area contributed by atoms with E-state index in [1.807, 2.05) is 18.3 Å². The van der Waals surface area contributed by atoms with Crippen molar-refractivity contribution >= 4 is 39.7 Å². The van der Waals surface area contributed by atoms with Gasteiger partial charge in [-0.15, -0.1) is 17.7 Å². The van der Waals surface area contributed by atoms with E-state index < -0.39 is 13.3 Å². The molecule has 55 heavy (non-hydrogen) atoms. The number of nitrogens with zero attached hydrogens (tertiary/aromatic N) is 3. The van der Waals surface area contributed by atoms with E-state index in [1.54, 1.807) is 9.96 Å². The van der Waals surface area contributed by atoms with E-state index in [1.165, 1.54) is 59.9 Å². The summed E-state index contributed by atoms with van der Waals surface area (Å²) in [5.74, 6) is 8.92. The number of fused-ring (bicyclic) bond motifs is 3. The summed E-state index contributed by atoms with van der Waals surface area (Å²) in [6, 6.07) is 34.2. The maximum atomic E-state index is 6.19. The molecule has 1 fully saturated rings. The Morgan fingerprint density at radius 3 is 2.29 bits per heavy atom. The molecule has 1 saturated carbocycles. The van der Waals surface area contributed by atoms with Crippen LogP contribution in [0.4, 0.5) is 0 Å². The zero-order valence-corrected chi connectivity index (χ0v) is 38.1. The molecule has 0 saturated heterocycles. The summed E-state index contributed by atoms with van der Waals surface area (Å²) < 4.78 is 7.78. The van der Waals surface area contributed by atoms with Crippen LogP contribution in [0.15, 0.2) is 95.7 Å². The van der Waals surface area contributed by atoms with Crippen LogP contribution in [-0.2, 0) is 32.9 Å². The Labute approximate surface area is 344 Å². The second-order valence-corrected chi connectivity index (χ2v) is 27.3. The van der Waals surface area contributed by atoms with Crippen molar-refractivity contribution in [2.24, 2.45) is 11.8 Å². The molecule has 0 N–H and O–H groups in total. The molecule has 4 aromatic heterocycles. The fraction of sp³-hybridized carbons (Fsp3) is 0.327. The first-order chi connectivity index (χ1) is 25.9. The molecule has 0 unspecified atom stereocenters. The first kappa shape index (κ1) is 40.8. The maximum Gasteiger partial charge on any atom is 0.216 e. The van der Waals surface area contributed by atoms with Gasteiger partial charge in [0.25, 0.3) is 0 Å². The van der Waals surface area contributed by atoms with Crippen LogP contribution in [0.2, 0.25) is 17.3 Å². The van der Waals surface area contributed by atoms with Crippen LogP contribution in [0.3, 0.4) is 0 Å². The van der Waals surface area contributed by atoms with E-state index >= 15 is 0 Å². The molecule has 4 nitrogen and oxygen atoms in total. The minimum Gasteiger partial charge on any atom is -0.458 e. The van der Waals surface area contributed by atoms with Crippen molar-refractivity contribution in [1.82, 2.24) is 15.0 Å². The third-order valence-corrected chi connectivity index (χ3v) is 15.1. The summed E-state index contributed by atoms with van der Waals surface area (Å²) in [5.41, 5.74) is 14.2. The third-order valence-electron chi connectivity index (χ3n) is 10.8. The molecule has 8 rings (SSSR count). The third kappa shape index (κ3) is 9.39. The van der Waals surface area contributed by atoms with E-state index in [-0.39, 0.29) is 20.1 Å². The molecule has 0 bridgehead atoms. The Bertz CT molecular complexity index is 2380. The number of rotatable bonds is 8. The van der Waals surface area contributed by atoms with E-state index in [0.29, 0.717) is 11.6 Å². The SMILES string of the molecule is Cc1c[c-]c(-c2cc(CC3CCCC3)[c]([Ge]([CH3])([CH3])[CH3])cn2)cc1.Cc1cccc(C)c1-c1ccc2c(n1)oc1cc[c-]c(-c3cc(CC(C)C)ccn3)c12.[Ir]. The van der Waals surface area contributed by atoms with Crippen molar-refractivity contribution < 1.29 is 24.5 Å². The first-order valence-electron chi connectivity index (χ1n) is 19.7. The van der Waals surface area contributed by atoms with Crippen LogP contribution in [0.1, 0.15) is 67.3 Å². The average Bonchev–Trinajstić information content (AvgIpc) is 3.79. The molecule has 1 aliphatic carbocycles. The molecule has 1 aliphatic rings. The molecule has 7 aromatic rings. The standard InChI is InChI=1S/C28H25N2O.C21H28GeN.Ir/c1-17(2)15-20-13-14-29-24(16-20)21-9-6-10-25-27(21)22-11-12-23(30-28(22)31-25)26-18(3)7-5-8-19(26)4;1-16-9-11-18(12-10-16)21-14-19(13-17-7-5-6-8-17)20(15-23-21)22(2,3)4;/h5-8,10-14,16-17H,15H2,1-4H3;9-11,14-15,17H,5-8,13H2,1-4H3;/q2*-1;. The Morgan fingerprint density at radius 1 is 0.836 bits per heavy atom. The summed E-state index contributed by atoms with van der Waals surface area (Å²) in [5, 5.41) is 2.01. The van der Waals surface area contributed by atoms with Gasteiger partial charge in [-0.05, 0) is 55.1 Å². The second kappa shape index (κ2) is 17.5. The van der Waals surface area contributed by atoms with E-state index in [9.17, 15) is 0 Å². The number of hydrogen-bond acceptors (Lipinski definition) is 4. The van der Waals surface area contributed by atoms with Crippen molar-refractivity contribution in [3.05, 3.63) is 131 Å². The van der Waals surface area contributed by atoms with Gasteiger partial charge in [0, 0.05) is 37.3 Å². The Morgan fingerprint density at radius 2 is 1.60 bits per heavy atom. The Balaban J connectivity index is 0.000000192. The number of hydrogen-bond donors (Lipinski definition) is 0. The van der Waals surface area contributed by atoms with Gasteiger partial charge in [-0.1, -0.05) is 61.2 Å². The molecule has 0 amide bonds. The van der Waals surface area contributed by atoms with Crippen LogP contribution in [0, 0.1) is 44.7 Å². The van der Waals surface area contributed by atoms with Gasteiger partial charge < -0.3 is 9.40 Å². The minimum absolute atomic E-state index is 0. The monoisotopic (exact) mass is 966 g/mol. The molecular formula is C49H53GeIrN3O-2. The molecule has 285 valence electrons. The number of benzene rings is 3. The molecule has 0 atom stereocenters. The van der Waals surface area contributed by atoms with Crippen molar-refractivity contribution in [1.29, 1.82) is 0 Å². The van der Waals surface area contributed by atoms with Gasteiger partial charge in [0.1, 0.15) is 0 Å². The van der Waals surface area contributed by atoms with Gasteiger partial charge in [0.15, 0.2) is 0 Å². The van der Waals surface area contributed by atoms with Gasteiger partial charge in [-0.3, -0.25) is 0 Å². The minimum atomic E-state index is -1.88. The van der Waals surface area contributed by atoms with Crippen molar-refractivity contribution in [2.45, 2.75) is 90.4 Å². The topological polar surface area (TPSA) is 51.8 Å². The summed E-state index contributed by atoms with van der Waals surface area (Å²) in [6.45, 7) is 10.8. The van der Waals surface area contributed by atoms with Gasteiger partial charge in [-0.25, -0.2) is 4.98 Å². The van der Waals surface area contributed by atoms with Crippen molar-refractivity contribution in [3.63, 3.8) is 0 Å². The molecule has 0 spiro atoms. The van der Waals surface area contributed by atoms with E-state index in [4.69, 9.17) is 14.4 Å². The largest absolute Gasteiger partial charge is 0.458 e. The van der Waals surface area contributed by atoms with Crippen LogP contribution >= 0.6 is 0 Å². The number of furan rings is 1. The predicted octanol–water partition coefficient (Wildman–Crippen LogP) is 12.5. The molecule has 6 heteroatoms. The number of pyridine rings is 3. The second-order valence-electron chi connectivity index (χ2n) is 16.8. The molecule has 4 heterocycles.